The van der Waals surface area contributed by atoms with Gasteiger partial charge < -0.3 is 15.5 Å². The number of anilines is 3. The fourth-order valence-corrected chi connectivity index (χ4v) is 4.24. The number of likely N-dealkylation sites (tertiary alicyclic amines) is 1. The summed E-state index contributed by atoms with van der Waals surface area (Å²) >= 11 is 0. The van der Waals surface area contributed by atoms with Gasteiger partial charge in [0.15, 0.2) is 5.82 Å². The Morgan fingerprint density at radius 1 is 1.26 bits per heavy atom. The van der Waals surface area contributed by atoms with Crippen LogP contribution >= 0.6 is 0 Å². The number of hydrogen-bond acceptors (Lipinski definition) is 6. The molecule has 3 amide bonds. The number of hydrogen-bond donors (Lipinski definition) is 2. The third-order valence-corrected chi connectivity index (χ3v) is 5.68. The fraction of sp³-hybridized carbons (Fsp3) is 0.409. The number of fused-ring (bicyclic) bond motifs is 1. The van der Waals surface area contributed by atoms with E-state index >= 15 is 0 Å². The molecule has 0 radical (unpaired) electrons. The van der Waals surface area contributed by atoms with Crippen molar-refractivity contribution in [2.24, 2.45) is 5.92 Å². The molecule has 2 atom stereocenters. The van der Waals surface area contributed by atoms with Gasteiger partial charge in [-0.15, -0.1) is 0 Å². The number of carbonyl (C=O) groups is 3. The van der Waals surface area contributed by atoms with E-state index in [1.807, 2.05) is 30.0 Å². The Balaban J connectivity index is 1.43. The second kappa shape index (κ2) is 9.22. The highest BCUT2D eigenvalue weighted by Crippen LogP contribution is 2.31. The zero-order valence-electron chi connectivity index (χ0n) is 17.5. The lowest BCUT2D eigenvalue weighted by molar-refractivity contribution is -0.125. The van der Waals surface area contributed by atoms with Crippen LogP contribution in [-0.4, -0.2) is 58.3 Å². The summed E-state index contributed by atoms with van der Waals surface area (Å²) < 4.78 is 0. The van der Waals surface area contributed by atoms with Gasteiger partial charge >= 0.3 is 0 Å². The zero-order chi connectivity index (χ0) is 21.8. The summed E-state index contributed by atoms with van der Waals surface area (Å²) in [5, 5.41) is 5.68. The first-order valence-electron chi connectivity index (χ1n) is 10.5. The van der Waals surface area contributed by atoms with Crippen molar-refractivity contribution in [3.63, 3.8) is 0 Å². The molecule has 0 aliphatic carbocycles. The number of para-hydroxylation sites is 2. The number of carbonyl (C=O) groups excluding carboxylic acids is 3. The molecule has 4 rings (SSSR count). The van der Waals surface area contributed by atoms with E-state index in [1.165, 1.54) is 12.4 Å². The molecule has 9 heteroatoms. The molecule has 2 N–H and O–H groups in total. The van der Waals surface area contributed by atoms with Crippen molar-refractivity contribution in [1.29, 1.82) is 0 Å². The lowest BCUT2D eigenvalue weighted by Gasteiger charge is -2.34. The third-order valence-electron chi connectivity index (χ3n) is 5.68. The van der Waals surface area contributed by atoms with E-state index in [-0.39, 0.29) is 42.6 Å². The first kappa shape index (κ1) is 20.9. The molecule has 162 valence electrons. The van der Waals surface area contributed by atoms with Crippen LogP contribution in [-0.2, 0) is 14.4 Å². The highest BCUT2D eigenvalue weighted by atomic mass is 16.2. The predicted molar refractivity (Wildman–Crippen MR) is 116 cm³/mol. The first-order valence-corrected chi connectivity index (χ1v) is 10.5. The molecule has 3 heterocycles. The van der Waals surface area contributed by atoms with Crippen molar-refractivity contribution in [2.75, 3.05) is 35.2 Å². The van der Waals surface area contributed by atoms with Crippen LogP contribution < -0.4 is 15.5 Å². The summed E-state index contributed by atoms with van der Waals surface area (Å²) in [5.74, 6) is -0.0881. The van der Waals surface area contributed by atoms with Crippen molar-refractivity contribution >= 4 is 34.9 Å². The van der Waals surface area contributed by atoms with Crippen molar-refractivity contribution in [2.45, 2.75) is 32.2 Å². The topological polar surface area (TPSA) is 108 Å². The van der Waals surface area contributed by atoms with Crippen LogP contribution in [0.2, 0.25) is 0 Å². The van der Waals surface area contributed by atoms with Gasteiger partial charge in [0.1, 0.15) is 0 Å². The molecule has 31 heavy (non-hydrogen) atoms. The number of nitrogens with zero attached hydrogens (tertiary/aromatic N) is 4. The molecule has 0 spiro atoms. The van der Waals surface area contributed by atoms with Crippen molar-refractivity contribution in [3.8, 4) is 0 Å². The lowest BCUT2D eigenvalue weighted by Crippen LogP contribution is -2.48. The second-order valence-corrected chi connectivity index (χ2v) is 8.04. The van der Waals surface area contributed by atoms with E-state index < -0.39 is 0 Å². The average Bonchev–Trinajstić information content (AvgIpc) is 2.88. The molecule has 0 saturated carbocycles. The van der Waals surface area contributed by atoms with Crippen LogP contribution in [0.25, 0.3) is 0 Å². The Kier molecular flexibility index (Phi) is 6.22. The molecular weight excluding hydrogens is 396 g/mol. The minimum atomic E-state index is -0.253. The van der Waals surface area contributed by atoms with Crippen molar-refractivity contribution in [3.05, 3.63) is 42.9 Å². The minimum absolute atomic E-state index is 0.0774. The summed E-state index contributed by atoms with van der Waals surface area (Å²) in [6, 6.07) is 7.10. The second-order valence-electron chi connectivity index (χ2n) is 8.04. The number of nitrogens with one attached hydrogen (secondary N) is 2. The van der Waals surface area contributed by atoms with Gasteiger partial charge in [0, 0.05) is 31.4 Å². The number of benzene rings is 1. The number of piperidine rings is 1. The maximum atomic E-state index is 13.3. The molecule has 0 bridgehead atoms. The molecular formula is C22H26N6O3. The largest absolute Gasteiger partial charge is 0.324 e. The monoisotopic (exact) mass is 422 g/mol. The average molecular weight is 422 g/mol. The van der Waals surface area contributed by atoms with Crippen LogP contribution in [0.5, 0.6) is 0 Å². The summed E-state index contributed by atoms with van der Waals surface area (Å²) in [6.45, 7) is 3.33. The number of aromatic nitrogens is 2. The molecule has 0 unspecified atom stereocenters. The normalized spacial score (nSPS) is 21.6. The molecule has 1 aromatic carbocycles. The summed E-state index contributed by atoms with van der Waals surface area (Å²) in [5.41, 5.74) is 1.35. The molecule has 9 nitrogen and oxygen atoms in total. The highest BCUT2D eigenvalue weighted by molar-refractivity contribution is 6.05. The summed E-state index contributed by atoms with van der Waals surface area (Å²) in [6.07, 6.45) is 6.42. The minimum Gasteiger partial charge on any atom is -0.324 e. The Morgan fingerprint density at radius 3 is 2.90 bits per heavy atom. The molecule has 1 saturated heterocycles. The van der Waals surface area contributed by atoms with Gasteiger partial charge in [-0.1, -0.05) is 12.1 Å². The molecule has 1 fully saturated rings. The first-order chi connectivity index (χ1) is 15.0. The van der Waals surface area contributed by atoms with Gasteiger partial charge in [-0.3, -0.25) is 24.3 Å². The smallest absolute Gasteiger partial charge is 0.241 e. The highest BCUT2D eigenvalue weighted by Gasteiger charge is 2.32. The van der Waals surface area contributed by atoms with Gasteiger partial charge in [-0.25, -0.2) is 4.98 Å². The van der Waals surface area contributed by atoms with Crippen LogP contribution in [0.4, 0.5) is 17.2 Å². The summed E-state index contributed by atoms with van der Waals surface area (Å²) in [4.78, 5) is 49.9. The molecule has 2 aromatic rings. The van der Waals surface area contributed by atoms with E-state index in [9.17, 15) is 14.4 Å². The van der Waals surface area contributed by atoms with Gasteiger partial charge in [-0.2, -0.15) is 0 Å². The van der Waals surface area contributed by atoms with E-state index in [1.54, 1.807) is 17.2 Å². The number of rotatable bonds is 4. The van der Waals surface area contributed by atoms with E-state index in [2.05, 4.69) is 20.6 Å². The Hall–Kier alpha value is -3.33. The van der Waals surface area contributed by atoms with Crippen molar-refractivity contribution < 1.29 is 14.4 Å². The quantitative estimate of drug-likeness (QED) is 0.779. The molecule has 1 aromatic heterocycles. The van der Waals surface area contributed by atoms with Gasteiger partial charge in [0.05, 0.1) is 30.0 Å². The van der Waals surface area contributed by atoms with Gasteiger partial charge in [0.2, 0.25) is 17.7 Å². The van der Waals surface area contributed by atoms with E-state index in [4.69, 9.17) is 0 Å². The predicted octanol–water partition coefficient (Wildman–Crippen LogP) is 1.89. The van der Waals surface area contributed by atoms with E-state index in [0.29, 0.717) is 23.7 Å². The Labute approximate surface area is 180 Å². The standard InChI is InChI=1S/C22H26N6O3/c1-15-11-20(29)25-17-6-2-3-7-18(17)28(15)21(30)14-27-10-4-5-16(13-27)22(31)26-19-12-23-8-9-24-19/h2-3,6-9,12,15-16H,4-5,10-11,13-14H2,1H3,(H,25,29)(H,24,26,31)/t15-,16+/m0/s1. The fourth-order valence-electron chi connectivity index (χ4n) is 4.24. The summed E-state index contributed by atoms with van der Waals surface area (Å²) in [7, 11) is 0. The van der Waals surface area contributed by atoms with Crippen LogP contribution in [0.3, 0.4) is 0 Å². The van der Waals surface area contributed by atoms with Crippen LogP contribution in [0.1, 0.15) is 26.2 Å². The van der Waals surface area contributed by atoms with Crippen molar-refractivity contribution in [1.82, 2.24) is 14.9 Å². The Morgan fingerprint density at radius 2 is 2.10 bits per heavy atom. The Bertz CT molecular complexity index is 967. The van der Waals surface area contributed by atoms with E-state index in [0.717, 1.165) is 19.4 Å². The molecule has 2 aliphatic rings. The van der Waals surface area contributed by atoms with Gasteiger partial charge in [0.25, 0.3) is 0 Å². The lowest BCUT2D eigenvalue weighted by atomic mass is 9.97. The van der Waals surface area contributed by atoms with Crippen LogP contribution in [0.15, 0.2) is 42.9 Å². The maximum absolute atomic E-state index is 13.3. The third kappa shape index (κ3) is 4.88. The maximum Gasteiger partial charge on any atom is 0.241 e. The SMILES string of the molecule is C[C@H]1CC(=O)Nc2ccccc2N1C(=O)CN1CCC[C@@H](C(=O)Nc2cnccn2)C1. The zero-order valence-corrected chi connectivity index (χ0v) is 17.5. The van der Waals surface area contributed by atoms with Gasteiger partial charge in [-0.05, 0) is 38.4 Å². The molecule has 2 aliphatic heterocycles. The number of amides is 3. The van der Waals surface area contributed by atoms with Crippen LogP contribution in [0, 0.1) is 5.92 Å².